The molecule has 0 fully saturated rings. The molecule has 0 spiro atoms. The highest BCUT2D eigenvalue weighted by molar-refractivity contribution is 9.11. The number of aryl methyl sites for hydroxylation is 1. The van der Waals surface area contributed by atoms with Crippen molar-refractivity contribution >= 4 is 41.1 Å². The van der Waals surface area contributed by atoms with Crippen LogP contribution in [0.15, 0.2) is 53.4 Å². The van der Waals surface area contributed by atoms with E-state index >= 15 is 0 Å². The van der Waals surface area contributed by atoms with E-state index in [1.807, 2.05) is 6.92 Å². The van der Waals surface area contributed by atoms with Crippen LogP contribution in [-0.4, -0.2) is 73.7 Å². The molecule has 0 aliphatic rings. The van der Waals surface area contributed by atoms with Crippen LogP contribution in [0, 0.1) is 6.92 Å². The third kappa shape index (κ3) is 12.0. The molecule has 9 nitrogen and oxygen atoms in total. The van der Waals surface area contributed by atoms with Crippen LogP contribution in [0.4, 0.5) is 5.69 Å². The number of rotatable bonds is 19. The summed E-state index contributed by atoms with van der Waals surface area (Å²) in [6.07, 6.45) is 0. The van der Waals surface area contributed by atoms with E-state index in [0.717, 1.165) is 5.56 Å². The summed E-state index contributed by atoms with van der Waals surface area (Å²) in [5, 5.41) is 0. The van der Waals surface area contributed by atoms with Gasteiger partial charge in [0.15, 0.2) is 5.78 Å². The van der Waals surface area contributed by atoms with Crippen LogP contribution in [0.3, 0.4) is 0 Å². The van der Waals surface area contributed by atoms with Crippen molar-refractivity contribution < 1.29 is 36.9 Å². The van der Waals surface area contributed by atoms with Crippen molar-refractivity contribution in [2.24, 2.45) is 0 Å². The van der Waals surface area contributed by atoms with Crippen LogP contribution in [0.5, 0.6) is 5.75 Å². The Morgan fingerprint density at radius 1 is 0.806 bits per heavy atom. The van der Waals surface area contributed by atoms with Crippen molar-refractivity contribution in [2.45, 2.75) is 18.7 Å². The van der Waals surface area contributed by atoms with E-state index < -0.39 is 18.0 Å². The lowest BCUT2D eigenvalue weighted by Crippen LogP contribution is -2.14. The van der Waals surface area contributed by atoms with Gasteiger partial charge in [-0.3, -0.25) is 4.79 Å². The molecule has 0 aliphatic carbocycles. The minimum absolute atomic E-state index is 0.00812. The maximum atomic E-state index is 12.7. The molecule has 2 rings (SSSR count). The molecule has 0 aromatic heterocycles. The number of hydrogen-bond acceptors (Lipinski definition) is 10. The Labute approximate surface area is 220 Å². The first-order chi connectivity index (χ1) is 17.3. The van der Waals surface area contributed by atoms with E-state index in [1.165, 1.54) is 6.92 Å². The van der Waals surface area contributed by atoms with Gasteiger partial charge in [-0.05, 0) is 59.4 Å². The Morgan fingerprint density at radius 2 is 1.31 bits per heavy atom. The third-order valence-electron chi connectivity index (χ3n) is 4.54. The number of carbonyl (C=O) groups excluding carboxylic acids is 1. The van der Waals surface area contributed by atoms with Crippen molar-refractivity contribution in [1.82, 2.24) is 0 Å². The molecule has 36 heavy (non-hydrogen) atoms. The van der Waals surface area contributed by atoms with Gasteiger partial charge in [-0.25, -0.2) is 8.42 Å². The zero-order valence-corrected chi connectivity index (χ0v) is 23.2. The Kier molecular flexibility index (Phi) is 14.2. The van der Waals surface area contributed by atoms with Gasteiger partial charge in [-0.2, -0.15) is 0 Å². The molecular formula is C24H35NO8S3. The first-order valence-corrected chi connectivity index (χ1v) is 16.0. The van der Waals surface area contributed by atoms with Gasteiger partial charge in [0, 0.05) is 5.69 Å². The van der Waals surface area contributed by atoms with Crippen LogP contribution < -0.4 is 9.46 Å². The van der Waals surface area contributed by atoms with Crippen molar-refractivity contribution in [3.8, 4) is 5.75 Å². The molecule has 12 heteroatoms. The number of benzene rings is 2. The fourth-order valence-electron chi connectivity index (χ4n) is 2.70. The average molecular weight is 562 g/mol. The van der Waals surface area contributed by atoms with Gasteiger partial charge in [0.1, 0.15) is 19.0 Å². The predicted octanol–water partition coefficient (Wildman–Crippen LogP) is 3.59. The molecule has 2 aromatic carbocycles. The number of ketones is 1. The zero-order chi connectivity index (χ0) is 26.2. The maximum absolute atomic E-state index is 12.7. The van der Waals surface area contributed by atoms with Crippen LogP contribution >= 0.6 is 20.8 Å². The smallest absolute Gasteiger partial charge is 0.234 e. The van der Waals surface area contributed by atoms with Crippen molar-refractivity contribution in [1.29, 1.82) is 0 Å². The van der Waals surface area contributed by atoms with Crippen molar-refractivity contribution in [3.05, 3.63) is 54.1 Å². The van der Waals surface area contributed by atoms with E-state index in [0.29, 0.717) is 64.3 Å². The summed E-state index contributed by atoms with van der Waals surface area (Å²) in [6, 6.07) is 13.7. The molecule has 0 heterocycles. The van der Waals surface area contributed by atoms with Gasteiger partial charge >= 0.3 is 0 Å². The molecule has 0 bridgehead atoms. The summed E-state index contributed by atoms with van der Waals surface area (Å²) in [5.41, 5.74) is 1.63. The topological polar surface area (TPSA) is 109 Å². The monoisotopic (exact) mass is 561 g/mol. The second-order valence-corrected chi connectivity index (χ2v) is 14.4. The molecule has 1 N–H and O–H groups in total. The first kappa shape index (κ1) is 30.4. The highest BCUT2D eigenvalue weighted by Gasteiger charge is 2.20. The van der Waals surface area contributed by atoms with Crippen molar-refractivity contribution in [2.75, 3.05) is 64.2 Å². The third-order valence-corrected chi connectivity index (χ3v) is 10.8. The highest BCUT2D eigenvalue weighted by atomic mass is 33.5. The number of nitrogens with one attached hydrogen (secondary N) is 1. The lowest BCUT2D eigenvalue weighted by atomic mass is 10.2. The lowest BCUT2D eigenvalue weighted by molar-refractivity contribution is -0.122. The van der Waals surface area contributed by atoms with E-state index in [9.17, 15) is 13.2 Å². The van der Waals surface area contributed by atoms with Crippen LogP contribution in [0.1, 0.15) is 12.5 Å². The number of Topliss-reactive ketones (excluding diaryl/α,β-unsaturated/α-hetero) is 1. The quantitative estimate of drug-likeness (QED) is 0.135. The fourth-order valence-corrected chi connectivity index (χ4v) is 6.71. The van der Waals surface area contributed by atoms with Gasteiger partial charge in [0.25, 0.3) is 0 Å². The van der Waals surface area contributed by atoms with Gasteiger partial charge in [0.2, 0.25) is 8.87 Å². The van der Waals surface area contributed by atoms with E-state index in [2.05, 4.69) is 16.4 Å². The second kappa shape index (κ2) is 16.8. The number of hydrogen-bond donors (Lipinski definition) is 3. The second-order valence-electron chi connectivity index (χ2n) is 7.64. The molecule has 0 saturated carbocycles. The molecule has 0 radical (unpaired) electrons. The normalized spacial score (nSPS) is 12.8. The minimum Gasteiger partial charge on any atom is -0.491 e. The Hall–Kier alpha value is -1.80. The molecule has 202 valence electrons. The number of ether oxygens (including phenoxy) is 5. The molecule has 1 atom stereocenters. The first-order valence-electron chi connectivity index (χ1n) is 11.4. The predicted molar refractivity (Wildman–Crippen MR) is 146 cm³/mol. The molecule has 2 aromatic rings. The summed E-state index contributed by atoms with van der Waals surface area (Å²) in [6.45, 7) is 6.86. The maximum Gasteiger partial charge on any atom is 0.234 e. The highest BCUT2D eigenvalue weighted by Crippen LogP contribution is 2.42. The largest absolute Gasteiger partial charge is 0.491 e. The Morgan fingerprint density at radius 3 is 1.83 bits per heavy atom. The average Bonchev–Trinajstić information content (AvgIpc) is 2.85. The standard InChI is InChI=1S/C24H35NO8S3/c1-20-3-9-24(10-4-20)36(27,28)35(34)25-22-5-7-23(8-6-22)33-18-17-31-14-13-29-11-12-30-15-16-32-19-21(2)26/h3-10,25,34-35H,11-19H2,1-2H3. The minimum atomic E-state index is -3.56. The molecule has 0 aliphatic heterocycles. The van der Waals surface area contributed by atoms with Crippen molar-refractivity contribution in [3.63, 3.8) is 0 Å². The van der Waals surface area contributed by atoms with E-state index in [-0.39, 0.29) is 17.3 Å². The van der Waals surface area contributed by atoms with E-state index in [1.54, 1.807) is 48.5 Å². The summed E-state index contributed by atoms with van der Waals surface area (Å²) in [7, 11) is -5.37. The van der Waals surface area contributed by atoms with Crippen LogP contribution in [-0.2, 0) is 32.6 Å². The van der Waals surface area contributed by atoms with E-state index in [4.69, 9.17) is 23.7 Å². The van der Waals surface area contributed by atoms with Gasteiger partial charge in [-0.15, -0.1) is 11.7 Å². The number of thiol groups is 2. The lowest BCUT2D eigenvalue weighted by Gasteiger charge is -2.19. The van der Waals surface area contributed by atoms with Gasteiger partial charge in [0.05, 0.1) is 51.1 Å². The molecule has 0 saturated heterocycles. The Balaban J connectivity index is 1.53. The Bertz CT molecular complexity index is 1000. The van der Waals surface area contributed by atoms with Gasteiger partial charge < -0.3 is 28.4 Å². The molecular weight excluding hydrogens is 526 g/mol. The molecule has 1 unspecified atom stereocenters. The summed E-state index contributed by atoms with van der Waals surface area (Å²) >= 11 is 4.31. The summed E-state index contributed by atoms with van der Waals surface area (Å²) in [5.74, 6) is 0.640. The van der Waals surface area contributed by atoms with Crippen LogP contribution in [0.2, 0.25) is 0 Å². The zero-order valence-electron chi connectivity index (χ0n) is 20.6. The number of anilines is 1. The van der Waals surface area contributed by atoms with Crippen LogP contribution in [0.25, 0.3) is 0 Å². The summed E-state index contributed by atoms with van der Waals surface area (Å²) < 4.78 is 55.3. The van der Waals surface area contributed by atoms with Gasteiger partial charge in [-0.1, -0.05) is 17.7 Å². The fraction of sp³-hybridized carbons (Fsp3) is 0.458. The molecule has 0 amide bonds. The number of carbonyl (C=O) groups is 1. The SMILES string of the molecule is CC(=O)COCCOCCOCCOCCOc1ccc(N[SH](S)S(=O)(=O)c2ccc(C)cc2)cc1. The summed E-state index contributed by atoms with van der Waals surface area (Å²) in [4.78, 5) is 11.0.